The third-order valence-electron chi connectivity index (χ3n) is 7.23. The number of anilines is 3. The second kappa shape index (κ2) is 15.2. The molecule has 0 bridgehead atoms. The SMILES string of the molecule is COc1cc(NS(C)(=O)=O)ccc1Oc1ccc(CN2CCC(N(C(=O)Nc3ccc(F)cc3F)c3ccccc3)CC2)cn1.Cl. The summed E-state index contributed by atoms with van der Waals surface area (Å²) in [6, 6.07) is 20.0. The summed E-state index contributed by atoms with van der Waals surface area (Å²) in [5.74, 6) is -0.477. The van der Waals surface area contributed by atoms with Crippen molar-refractivity contribution in [1.29, 1.82) is 0 Å². The number of rotatable bonds is 10. The highest BCUT2D eigenvalue weighted by molar-refractivity contribution is 7.92. The van der Waals surface area contributed by atoms with E-state index in [-0.39, 0.29) is 24.1 Å². The van der Waals surface area contributed by atoms with Crippen LogP contribution in [0, 0.1) is 11.6 Å². The number of carbonyl (C=O) groups is 1. The number of hydrogen-bond acceptors (Lipinski definition) is 7. The molecule has 10 nitrogen and oxygen atoms in total. The molecule has 46 heavy (non-hydrogen) atoms. The van der Waals surface area contributed by atoms with Gasteiger partial charge in [0.15, 0.2) is 11.5 Å². The molecule has 14 heteroatoms. The van der Waals surface area contributed by atoms with E-state index in [1.807, 2.05) is 36.4 Å². The Labute approximate surface area is 272 Å². The fourth-order valence-corrected chi connectivity index (χ4v) is 5.70. The molecule has 0 radical (unpaired) electrons. The summed E-state index contributed by atoms with van der Waals surface area (Å²) in [6.07, 6.45) is 4.17. The van der Waals surface area contributed by atoms with Crippen LogP contribution in [0.3, 0.4) is 0 Å². The largest absolute Gasteiger partial charge is 0.493 e. The number of nitrogens with one attached hydrogen (secondary N) is 2. The zero-order valence-corrected chi connectivity index (χ0v) is 26.8. The van der Waals surface area contributed by atoms with Crippen LogP contribution in [0.15, 0.2) is 85.1 Å². The molecule has 0 saturated carbocycles. The first-order valence-corrected chi connectivity index (χ1v) is 16.1. The van der Waals surface area contributed by atoms with Crippen molar-refractivity contribution in [3.05, 3.63) is 102 Å². The minimum Gasteiger partial charge on any atom is -0.493 e. The molecule has 3 aromatic carbocycles. The number of halogens is 3. The van der Waals surface area contributed by atoms with Gasteiger partial charge in [-0.25, -0.2) is 27.0 Å². The lowest BCUT2D eigenvalue weighted by Crippen LogP contribution is -2.49. The van der Waals surface area contributed by atoms with Crippen LogP contribution in [-0.2, 0) is 16.6 Å². The summed E-state index contributed by atoms with van der Waals surface area (Å²) in [6.45, 7) is 2.08. The Morgan fingerprint density at radius 1 is 1.00 bits per heavy atom. The number of para-hydroxylation sites is 1. The number of amides is 2. The van der Waals surface area contributed by atoms with Crippen molar-refractivity contribution >= 4 is 45.5 Å². The lowest BCUT2D eigenvalue weighted by atomic mass is 10.0. The zero-order valence-electron chi connectivity index (χ0n) is 25.2. The van der Waals surface area contributed by atoms with E-state index in [4.69, 9.17) is 9.47 Å². The van der Waals surface area contributed by atoms with Crippen molar-refractivity contribution in [2.75, 3.05) is 41.4 Å². The summed E-state index contributed by atoms with van der Waals surface area (Å²) in [5, 5.41) is 2.60. The molecular formula is C32H34ClF2N5O5S. The third-order valence-corrected chi connectivity index (χ3v) is 7.84. The van der Waals surface area contributed by atoms with Crippen molar-refractivity contribution in [1.82, 2.24) is 9.88 Å². The Hall–Kier alpha value is -4.46. The van der Waals surface area contributed by atoms with Gasteiger partial charge in [-0.3, -0.25) is 14.5 Å². The molecule has 0 spiro atoms. The number of aromatic nitrogens is 1. The Balaban J connectivity index is 0.00000480. The van der Waals surface area contributed by atoms with Gasteiger partial charge >= 0.3 is 6.03 Å². The number of sulfonamides is 1. The number of pyridine rings is 1. The molecular weight excluding hydrogens is 640 g/mol. The zero-order chi connectivity index (χ0) is 32.0. The second-order valence-electron chi connectivity index (χ2n) is 10.6. The van der Waals surface area contributed by atoms with E-state index in [9.17, 15) is 22.0 Å². The van der Waals surface area contributed by atoms with Crippen LogP contribution >= 0.6 is 12.4 Å². The number of likely N-dealkylation sites (tertiary alicyclic amines) is 1. The lowest BCUT2D eigenvalue weighted by molar-refractivity contribution is 0.199. The second-order valence-corrected chi connectivity index (χ2v) is 12.4. The van der Waals surface area contributed by atoms with Crippen molar-refractivity contribution in [3.8, 4) is 17.4 Å². The fraction of sp³-hybridized carbons (Fsp3) is 0.250. The first-order chi connectivity index (χ1) is 21.6. The molecule has 5 rings (SSSR count). The number of benzene rings is 3. The van der Waals surface area contributed by atoms with E-state index in [1.165, 1.54) is 19.2 Å². The average Bonchev–Trinajstić information content (AvgIpc) is 3.01. The van der Waals surface area contributed by atoms with Gasteiger partial charge < -0.3 is 14.8 Å². The summed E-state index contributed by atoms with van der Waals surface area (Å²) in [4.78, 5) is 21.7. The van der Waals surface area contributed by atoms with Crippen molar-refractivity contribution in [2.24, 2.45) is 0 Å². The van der Waals surface area contributed by atoms with E-state index in [0.29, 0.717) is 48.1 Å². The topological polar surface area (TPSA) is 113 Å². The Bertz CT molecular complexity index is 1740. The number of hydrogen-bond donors (Lipinski definition) is 2. The quantitative estimate of drug-likeness (QED) is 0.194. The first-order valence-electron chi connectivity index (χ1n) is 14.2. The van der Waals surface area contributed by atoms with E-state index >= 15 is 0 Å². The molecule has 1 saturated heterocycles. The molecule has 4 aromatic rings. The molecule has 1 aromatic heterocycles. The molecule has 2 amide bonds. The Morgan fingerprint density at radius 3 is 2.37 bits per heavy atom. The minimum absolute atomic E-state index is 0. The van der Waals surface area contributed by atoms with Gasteiger partial charge in [0.1, 0.15) is 11.6 Å². The van der Waals surface area contributed by atoms with Crippen LogP contribution in [0.25, 0.3) is 0 Å². The molecule has 1 aliphatic heterocycles. The van der Waals surface area contributed by atoms with E-state index < -0.39 is 27.7 Å². The smallest absolute Gasteiger partial charge is 0.326 e. The summed E-state index contributed by atoms with van der Waals surface area (Å²) >= 11 is 0. The normalized spacial score (nSPS) is 13.7. The van der Waals surface area contributed by atoms with Gasteiger partial charge in [-0.2, -0.15) is 0 Å². The third kappa shape index (κ3) is 9.05. The molecule has 0 unspecified atom stereocenters. The van der Waals surface area contributed by atoms with Gasteiger partial charge in [0, 0.05) is 55.8 Å². The lowest BCUT2D eigenvalue weighted by Gasteiger charge is -2.38. The average molecular weight is 674 g/mol. The van der Waals surface area contributed by atoms with Crippen LogP contribution in [0.4, 0.5) is 30.6 Å². The summed E-state index contributed by atoms with van der Waals surface area (Å²) in [7, 11) is -1.97. The van der Waals surface area contributed by atoms with Crippen LogP contribution in [0.2, 0.25) is 0 Å². The Kier molecular flexibility index (Phi) is 11.4. The number of nitrogens with zero attached hydrogens (tertiary/aromatic N) is 3. The van der Waals surface area contributed by atoms with E-state index in [0.717, 1.165) is 37.0 Å². The molecule has 1 fully saturated rings. The minimum atomic E-state index is -3.44. The number of methoxy groups -OCH3 is 1. The van der Waals surface area contributed by atoms with Crippen molar-refractivity contribution < 1.29 is 31.5 Å². The van der Waals surface area contributed by atoms with Crippen LogP contribution in [0.1, 0.15) is 18.4 Å². The van der Waals surface area contributed by atoms with Gasteiger partial charge in [0.25, 0.3) is 0 Å². The predicted octanol–water partition coefficient (Wildman–Crippen LogP) is 6.66. The maximum absolute atomic E-state index is 14.3. The maximum Gasteiger partial charge on any atom is 0.326 e. The molecule has 1 aliphatic rings. The Morgan fingerprint density at radius 2 is 1.74 bits per heavy atom. The molecule has 2 N–H and O–H groups in total. The van der Waals surface area contributed by atoms with Crippen LogP contribution in [0.5, 0.6) is 17.4 Å². The van der Waals surface area contributed by atoms with Crippen LogP contribution < -0.4 is 24.4 Å². The predicted molar refractivity (Wildman–Crippen MR) is 176 cm³/mol. The van der Waals surface area contributed by atoms with E-state index in [1.54, 1.807) is 29.3 Å². The number of piperidine rings is 1. The first kappa shape index (κ1) is 34.4. The molecule has 0 atom stereocenters. The van der Waals surface area contributed by atoms with Gasteiger partial charge in [0.2, 0.25) is 15.9 Å². The standard InChI is InChI=1S/C32H33F2N5O5S.ClH/c1-43-30-19-24(37-45(2,41)42)10-12-29(30)44-31-13-8-22(20-35-31)21-38-16-14-26(15-17-38)39(25-6-4-3-5-7-25)32(40)36-28-11-9-23(33)18-27(28)34;/h3-13,18-20,26,37H,14-17,21H2,1-2H3,(H,36,40);1H. The molecule has 2 heterocycles. The maximum atomic E-state index is 14.3. The summed E-state index contributed by atoms with van der Waals surface area (Å²) in [5.41, 5.74) is 1.93. The highest BCUT2D eigenvalue weighted by atomic mass is 35.5. The number of urea groups is 1. The number of ether oxygens (including phenoxy) is 2. The monoisotopic (exact) mass is 673 g/mol. The van der Waals surface area contributed by atoms with Crippen LogP contribution in [-0.4, -0.2) is 56.8 Å². The van der Waals surface area contributed by atoms with Crippen molar-refractivity contribution in [3.63, 3.8) is 0 Å². The van der Waals surface area contributed by atoms with Crippen molar-refractivity contribution in [2.45, 2.75) is 25.4 Å². The summed E-state index contributed by atoms with van der Waals surface area (Å²) < 4.78 is 64.4. The fourth-order valence-electron chi connectivity index (χ4n) is 5.15. The van der Waals surface area contributed by atoms with Gasteiger partial charge in [-0.15, -0.1) is 12.4 Å². The van der Waals surface area contributed by atoms with Gasteiger partial charge in [-0.1, -0.05) is 24.3 Å². The highest BCUT2D eigenvalue weighted by Gasteiger charge is 2.30. The van der Waals surface area contributed by atoms with Gasteiger partial charge in [-0.05, 0) is 54.8 Å². The van der Waals surface area contributed by atoms with E-state index in [2.05, 4.69) is 19.9 Å². The highest BCUT2D eigenvalue weighted by Crippen LogP contribution is 2.34. The number of carbonyl (C=O) groups excluding carboxylic acids is 1. The van der Waals surface area contributed by atoms with Gasteiger partial charge in [0.05, 0.1) is 24.7 Å². The molecule has 0 aliphatic carbocycles. The molecule has 244 valence electrons.